The molecule has 0 aromatic heterocycles. The van der Waals surface area contributed by atoms with Gasteiger partial charge >= 0.3 is 0 Å². The fourth-order valence-electron chi connectivity index (χ4n) is 2.59. The van der Waals surface area contributed by atoms with Gasteiger partial charge in [0.1, 0.15) is 0 Å². The molecule has 0 amide bonds. The van der Waals surface area contributed by atoms with E-state index in [9.17, 15) is 0 Å². The molecule has 0 fully saturated rings. The topological polar surface area (TPSA) is 12.0 Å². The Morgan fingerprint density at radius 1 is 1.06 bits per heavy atom. The van der Waals surface area contributed by atoms with Crippen molar-refractivity contribution >= 4 is 11.6 Å². The van der Waals surface area contributed by atoms with Crippen LogP contribution in [0.2, 0.25) is 5.02 Å². The largest absolute Gasteiger partial charge is 0.309 e. The molecule has 1 unspecified atom stereocenters. The number of benzene rings is 2. The lowest BCUT2D eigenvalue weighted by atomic mass is 9.92. The van der Waals surface area contributed by atoms with Gasteiger partial charge in [-0.1, -0.05) is 48.0 Å². The molecule has 1 atom stereocenters. The molecule has 2 aromatic carbocycles. The first kappa shape index (κ1) is 11.8. The minimum absolute atomic E-state index is 0.512. The molecule has 1 heterocycles. The van der Waals surface area contributed by atoms with Crippen molar-refractivity contribution in [2.45, 2.75) is 25.4 Å². The van der Waals surface area contributed by atoms with Gasteiger partial charge in [0.15, 0.2) is 0 Å². The van der Waals surface area contributed by atoms with Crippen LogP contribution < -0.4 is 5.32 Å². The van der Waals surface area contributed by atoms with Gasteiger partial charge in [-0.05, 0) is 41.7 Å². The quantitative estimate of drug-likeness (QED) is 0.867. The first-order valence-electron chi connectivity index (χ1n) is 6.36. The van der Waals surface area contributed by atoms with Crippen molar-refractivity contribution in [1.29, 1.82) is 0 Å². The zero-order valence-electron chi connectivity index (χ0n) is 10.2. The second-order valence-electron chi connectivity index (χ2n) is 4.88. The van der Waals surface area contributed by atoms with Gasteiger partial charge in [0, 0.05) is 17.6 Å². The summed E-state index contributed by atoms with van der Waals surface area (Å²) in [6.07, 6.45) is 2.14. The highest BCUT2D eigenvalue weighted by atomic mass is 35.5. The van der Waals surface area contributed by atoms with Crippen LogP contribution >= 0.6 is 11.6 Å². The fraction of sp³-hybridized carbons (Fsp3) is 0.250. The molecule has 2 heteroatoms. The summed E-state index contributed by atoms with van der Waals surface area (Å²) in [4.78, 5) is 0. The van der Waals surface area contributed by atoms with E-state index in [1.54, 1.807) is 0 Å². The van der Waals surface area contributed by atoms with E-state index in [0.717, 1.165) is 24.4 Å². The third-order valence-electron chi connectivity index (χ3n) is 3.54. The van der Waals surface area contributed by atoms with Crippen molar-refractivity contribution in [3.63, 3.8) is 0 Å². The molecule has 0 bridgehead atoms. The van der Waals surface area contributed by atoms with E-state index >= 15 is 0 Å². The van der Waals surface area contributed by atoms with Gasteiger partial charge in [0.25, 0.3) is 0 Å². The van der Waals surface area contributed by atoms with E-state index < -0.39 is 0 Å². The van der Waals surface area contributed by atoms with Gasteiger partial charge in [-0.3, -0.25) is 0 Å². The Balaban J connectivity index is 1.75. The Bertz CT molecular complexity index is 536. The summed E-state index contributed by atoms with van der Waals surface area (Å²) in [5, 5.41) is 4.44. The summed E-state index contributed by atoms with van der Waals surface area (Å²) in [7, 11) is 0. The molecule has 0 saturated carbocycles. The smallest absolute Gasteiger partial charge is 0.0408 e. The molecule has 3 rings (SSSR count). The van der Waals surface area contributed by atoms with Gasteiger partial charge in [-0.2, -0.15) is 0 Å². The van der Waals surface area contributed by atoms with Gasteiger partial charge in [0.2, 0.25) is 0 Å². The zero-order chi connectivity index (χ0) is 12.4. The predicted molar refractivity (Wildman–Crippen MR) is 75.9 cm³/mol. The molecule has 1 aliphatic heterocycles. The van der Waals surface area contributed by atoms with E-state index in [-0.39, 0.29) is 0 Å². The van der Waals surface area contributed by atoms with Crippen LogP contribution in [0.5, 0.6) is 0 Å². The highest BCUT2D eigenvalue weighted by Gasteiger charge is 2.18. The third-order valence-corrected chi connectivity index (χ3v) is 3.78. The maximum atomic E-state index is 6.06. The van der Waals surface area contributed by atoms with E-state index in [0.29, 0.717) is 6.04 Å². The second-order valence-corrected chi connectivity index (χ2v) is 5.32. The first-order valence-corrected chi connectivity index (χ1v) is 6.74. The maximum absolute atomic E-state index is 6.06. The fourth-order valence-corrected chi connectivity index (χ4v) is 2.79. The summed E-state index contributed by atoms with van der Waals surface area (Å²) >= 11 is 6.06. The molecule has 0 radical (unpaired) electrons. The molecule has 1 nitrogen and oxygen atoms in total. The third kappa shape index (κ3) is 2.58. The van der Waals surface area contributed by atoms with E-state index in [1.807, 2.05) is 6.07 Å². The van der Waals surface area contributed by atoms with Crippen molar-refractivity contribution in [2.75, 3.05) is 0 Å². The van der Waals surface area contributed by atoms with Crippen molar-refractivity contribution in [2.24, 2.45) is 0 Å². The molecule has 18 heavy (non-hydrogen) atoms. The minimum Gasteiger partial charge on any atom is -0.309 e. The lowest BCUT2D eigenvalue weighted by Gasteiger charge is -2.26. The predicted octanol–water partition coefficient (Wildman–Crippen LogP) is 3.60. The normalized spacial score (nSPS) is 18.4. The van der Waals surface area contributed by atoms with E-state index in [1.165, 1.54) is 16.7 Å². The summed E-state index contributed by atoms with van der Waals surface area (Å²) in [6.45, 7) is 0.948. The second kappa shape index (κ2) is 5.13. The molecule has 0 spiro atoms. The van der Waals surface area contributed by atoms with Crippen LogP contribution in [-0.4, -0.2) is 6.04 Å². The van der Waals surface area contributed by atoms with Crippen LogP contribution in [0.15, 0.2) is 48.5 Å². The molecule has 1 N–H and O–H groups in total. The molecular formula is C16H16ClN. The minimum atomic E-state index is 0.512. The average molecular weight is 258 g/mol. The first-order chi connectivity index (χ1) is 8.81. The van der Waals surface area contributed by atoms with Crippen LogP contribution in [0.1, 0.15) is 16.7 Å². The van der Waals surface area contributed by atoms with Crippen LogP contribution in [0.4, 0.5) is 0 Å². The monoisotopic (exact) mass is 257 g/mol. The molecular weight excluding hydrogens is 242 g/mol. The van der Waals surface area contributed by atoms with Gasteiger partial charge in [-0.15, -0.1) is 0 Å². The van der Waals surface area contributed by atoms with Crippen molar-refractivity contribution in [3.05, 3.63) is 70.2 Å². The lowest BCUT2D eigenvalue weighted by Crippen LogP contribution is -2.37. The van der Waals surface area contributed by atoms with Gasteiger partial charge in [-0.25, -0.2) is 0 Å². The molecule has 92 valence electrons. The van der Waals surface area contributed by atoms with E-state index in [4.69, 9.17) is 11.6 Å². The summed E-state index contributed by atoms with van der Waals surface area (Å²) < 4.78 is 0. The zero-order valence-corrected chi connectivity index (χ0v) is 11.0. The van der Waals surface area contributed by atoms with Crippen molar-refractivity contribution in [3.8, 4) is 0 Å². The molecule has 0 aliphatic carbocycles. The van der Waals surface area contributed by atoms with Gasteiger partial charge < -0.3 is 5.32 Å². The number of hydrogen-bond acceptors (Lipinski definition) is 1. The number of rotatable bonds is 2. The maximum Gasteiger partial charge on any atom is 0.0408 e. The Labute approximate surface area is 113 Å². The Hall–Kier alpha value is -1.31. The van der Waals surface area contributed by atoms with Gasteiger partial charge in [0.05, 0.1) is 0 Å². The Morgan fingerprint density at radius 2 is 1.89 bits per heavy atom. The van der Waals surface area contributed by atoms with Crippen LogP contribution in [0.25, 0.3) is 0 Å². The van der Waals surface area contributed by atoms with Crippen molar-refractivity contribution < 1.29 is 0 Å². The van der Waals surface area contributed by atoms with Crippen LogP contribution in [0, 0.1) is 0 Å². The lowest BCUT2D eigenvalue weighted by molar-refractivity contribution is 0.477. The molecule has 2 aromatic rings. The highest BCUT2D eigenvalue weighted by molar-refractivity contribution is 6.30. The summed E-state index contributed by atoms with van der Waals surface area (Å²) in [5.41, 5.74) is 4.16. The molecule has 1 aliphatic rings. The number of halogens is 1. The number of fused-ring (bicyclic) bond motifs is 1. The average Bonchev–Trinajstić information content (AvgIpc) is 2.39. The van der Waals surface area contributed by atoms with Crippen molar-refractivity contribution in [1.82, 2.24) is 5.32 Å². The summed E-state index contributed by atoms with van der Waals surface area (Å²) in [5.74, 6) is 0. The Morgan fingerprint density at radius 3 is 2.72 bits per heavy atom. The number of hydrogen-bond donors (Lipinski definition) is 1. The van der Waals surface area contributed by atoms with Crippen LogP contribution in [0.3, 0.4) is 0 Å². The SMILES string of the molecule is Clc1ccc2c(c1)CC(Cc1ccccc1)NC2. The van der Waals surface area contributed by atoms with E-state index in [2.05, 4.69) is 47.8 Å². The number of nitrogens with one attached hydrogen (secondary N) is 1. The highest BCUT2D eigenvalue weighted by Crippen LogP contribution is 2.22. The Kier molecular flexibility index (Phi) is 3.35. The summed E-state index contributed by atoms with van der Waals surface area (Å²) in [6, 6.07) is 17.4. The standard InChI is InChI=1S/C16H16ClN/c17-15-7-6-13-11-18-16(10-14(13)9-15)8-12-4-2-1-3-5-12/h1-7,9,16,18H,8,10-11H2. The molecule has 0 saturated heterocycles. The van der Waals surface area contributed by atoms with Crippen LogP contribution in [-0.2, 0) is 19.4 Å².